The fourth-order valence-corrected chi connectivity index (χ4v) is 4.37. The molecular weight excluding hydrogens is 408 g/mol. The Kier molecular flexibility index (Phi) is 5.22. The van der Waals surface area contributed by atoms with E-state index in [1.54, 1.807) is 22.7 Å². The number of hydrogen-bond acceptors (Lipinski definition) is 5. The molecule has 2 heterocycles. The van der Waals surface area contributed by atoms with Crippen molar-refractivity contribution in [2.24, 2.45) is 4.99 Å². The van der Waals surface area contributed by atoms with Crippen molar-refractivity contribution in [3.05, 3.63) is 95.2 Å². The molecule has 0 fully saturated rings. The van der Waals surface area contributed by atoms with E-state index in [1.807, 2.05) is 67.6 Å². The number of hydrogen-bond donors (Lipinski definition) is 0. The van der Waals surface area contributed by atoms with E-state index in [9.17, 15) is 4.79 Å². The molecule has 0 saturated carbocycles. The third kappa shape index (κ3) is 4.07. The molecule has 5 rings (SSSR count). The van der Waals surface area contributed by atoms with Gasteiger partial charge in [0.15, 0.2) is 16.7 Å². The number of rotatable bonds is 4. The van der Waals surface area contributed by atoms with Crippen LogP contribution in [0.3, 0.4) is 0 Å². The van der Waals surface area contributed by atoms with E-state index < -0.39 is 0 Å². The van der Waals surface area contributed by atoms with Gasteiger partial charge in [0, 0.05) is 5.75 Å². The molecule has 2 aliphatic heterocycles. The number of fused-ring (bicyclic) bond motifs is 1. The van der Waals surface area contributed by atoms with Gasteiger partial charge in [0.05, 0.1) is 5.69 Å². The van der Waals surface area contributed by atoms with Crippen LogP contribution in [0.25, 0.3) is 6.08 Å². The first-order valence-corrected chi connectivity index (χ1v) is 10.9. The first-order valence-electron chi connectivity index (χ1n) is 9.95. The molecule has 0 aliphatic carbocycles. The highest BCUT2D eigenvalue weighted by atomic mass is 32.2. The zero-order valence-electron chi connectivity index (χ0n) is 16.9. The number of amides is 1. The van der Waals surface area contributed by atoms with Crippen molar-refractivity contribution in [2.45, 2.75) is 12.7 Å². The molecule has 0 atom stereocenters. The summed E-state index contributed by atoms with van der Waals surface area (Å²) in [5, 5.41) is 0.671. The summed E-state index contributed by atoms with van der Waals surface area (Å²) < 4.78 is 10.8. The van der Waals surface area contributed by atoms with Gasteiger partial charge in [-0.2, -0.15) is 0 Å². The van der Waals surface area contributed by atoms with Crippen molar-refractivity contribution in [3.8, 4) is 11.5 Å². The number of nitrogens with zero attached hydrogens (tertiary/aromatic N) is 2. The third-order valence-corrected chi connectivity index (χ3v) is 6.04. The van der Waals surface area contributed by atoms with Gasteiger partial charge >= 0.3 is 0 Å². The first-order chi connectivity index (χ1) is 15.2. The lowest BCUT2D eigenvalue weighted by molar-refractivity contribution is -0.113. The first kappa shape index (κ1) is 19.5. The summed E-state index contributed by atoms with van der Waals surface area (Å²) in [5.74, 6) is 1.98. The van der Waals surface area contributed by atoms with E-state index in [0.717, 1.165) is 22.6 Å². The number of ether oxygens (including phenoxy) is 2. The summed E-state index contributed by atoms with van der Waals surface area (Å²) in [4.78, 5) is 19.7. The van der Waals surface area contributed by atoms with Crippen LogP contribution in [-0.2, 0) is 10.5 Å². The number of thioether (sulfide) groups is 1. The molecule has 31 heavy (non-hydrogen) atoms. The summed E-state index contributed by atoms with van der Waals surface area (Å²) in [5.41, 5.74) is 4.37. The Morgan fingerprint density at radius 3 is 2.58 bits per heavy atom. The fourth-order valence-electron chi connectivity index (χ4n) is 3.40. The van der Waals surface area contributed by atoms with Gasteiger partial charge < -0.3 is 9.47 Å². The van der Waals surface area contributed by atoms with Gasteiger partial charge in [0.25, 0.3) is 5.91 Å². The molecule has 2 aliphatic rings. The van der Waals surface area contributed by atoms with Gasteiger partial charge in [-0.15, -0.1) is 0 Å². The van der Waals surface area contributed by atoms with Crippen molar-refractivity contribution < 1.29 is 14.3 Å². The van der Waals surface area contributed by atoms with Gasteiger partial charge in [0.2, 0.25) is 6.79 Å². The Hall–Kier alpha value is -3.51. The number of aryl methyl sites for hydroxylation is 1. The second-order valence-electron chi connectivity index (χ2n) is 7.29. The van der Waals surface area contributed by atoms with Gasteiger partial charge in [-0.05, 0) is 48.4 Å². The maximum atomic E-state index is 13.3. The summed E-state index contributed by atoms with van der Waals surface area (Å²) in [6, 6.07) is 23.7. The molecule has 0 N–H and O–H groups in total. The smallest absolute Gasteiger partial charge is 0.283 e. The SMILES string of the molecule is Cc1ccc(N2C(=O)/C(=C\c3ccc4c(c3)OCO4)N=C2SCc2ccccc2)cc1. The summed E-state index contributed by atoms with van der Waals surface area (Å²) in [7, 11) is 0. The van der Waals surface area contributed by atoms with Crippen LogP contribution in [0.2, 0.25) is 0 Å². The highest BCUT2D eigenvalue weighted by molar-refractivity contribution is 8.13. The largest absolute Gasteiger partial charge is 0.454 e. The standard InChI is InChI=1S/C25H20N2O3S/c1-17-7-10-20(11-8-17)27-24(28)21(13-19-9-12-22-23(14-19)30-16-29-22)26-25(27)31-15-18-5-3-2-4-6-18/h2-14H,15-16H2,1H3/b21-13+. The predicted molar refractivity (Wildman–Crippen MR) is 124 cm³/mol. The van der Waals surface area contributed by atoms with E-state index in [2.05, 4.69) is 12.1 Å². The topological polar surface area (TPSA) is 51.1 Å². The van der Waals surface area contributed by atoms with Crippen LogP contribution in [0.4, 0.5) is 5.69 Å². The molecule has 154 valence electrons. The number of anilines is 1. The van der Waals surface area contributed by atoms with Gasteiger partial charge in [-0.25, -0.2) is 4.99 Å². The van der Waals surface area contributed by atoms with Crippen LogP contribution in [0.5, 0.6) is 11.5 Å². The van der Waals surface area contributed by atoms with Crippen molar-refractivity contribution in [1.29, 1.82) is 0 Å². The van der Waals surface area contributed by atoms with E-state index in [4.69, 9.17) is 14.5 Å². The molecule has 0 aromatic heterocycles. The van der Waals surface area contributed by atoms with Crippen molar-refractivity contribution in [3.63, 3.8) is 0 Å². The van der Waals surface area contributed by atoms with Crippen LogP contribution in [0, 0.1) is 6.92 Å². The minimum absolute atomic E-state index is 0.142. The Balaban J connectivity index is 1.47. The average Bonchev–Trinajstić information content (AvgIpc) is 3.38. The number of carbonyl (C=O) groups excluding carboxylic acids is 1. The van der Waals surface area contributed by atoms with Crippen LogP contribution in [0.15, 0.2) is 83.5 Å². The van der Waals surface area contributed by atoms with Crippen LogP contribution in [-0.4, -0.2) is 17.9 Å². The molecule has 1 amide bonds. The molecule has 0 bridgehead atoms. The van der Waals surface area contributed by atoms with Gasteiger partial charge in [-0.3, -0.25) is 9.69 Å². The number of amidine groups is 1. The fraction of sp³-hybridized carbons (Fsp3) is 0.120. The molecule has 6 heteroatoms. The Morgan fingerprint density at radius 2 is 1.77 bits per heavy atom. The molecular formula is C25H20N2O3S. The van der Waals surface area contributed by atoms with Gasteiger partial charge in [0.1, 0.15) is 5.70 Å². The second-order valence-corrected chi connectivity index (χ2v) is 8.23. The molecule has 3 aromatic carbocycles. The minimum atomic E-state index is -0.142. The van der Waals surface area contributed by atoms with Crippen molar-refractivity contribution >= 4 is 34.6 Å². The molecule has 5 nitrogen and oxygen atoms in total. The van der Waals surface area contributed by atoms with E-state index in [1.165, 1.54) is 5.56 Å². The Bertz CT molecular complexity index is 1190. The highest BCUT2D eigenvalue weighted by Gasteiger charge is 2.32. The molecule has 3 aromatic rings. The van der Waals surface area contributed by atoms with Crippen molar-refractivity contribution in [2.75, 3.05) is 11.7 Å². The zero-order chi connectivity index (χ0) is 21.2. The zero-order valence-corrected chi connectivity index (χ0v) is 17.8. The number of aliphatic imine (C=N–C) groups is 1. The quantitative estimate of drug-likeness (QED) is 0.522. The molecule has 0 saturated heterocycles. The predicted octanol–water partition coefficient (Wildman–Crippen LogP) is 5.40. The van der Waals surface area contributed by atoms with E-state index in [0.29, 0.717) is 22.4 Å². The maximum Gasteiger partial charge on any atom is 0.283 e. The lowest BCUT2D eigenvalue weighted by Crippen LogP contribution is -2.30. The molecule has 0 unspecified atom stereocenters. The maximum absolute atomic E-state index is 13.3. The Morgan fingerprint density at radius 1 is 1.00 bits per heavy atom. The van der Waals surface area contributed by atoms with Crippen LogP contribution in [0.1, 0.15) is 16.7 Å². The number of carbonyl (C=O) groups is 1. The summed E-state index contributed by atoms with van der Waals surface area (Å²) in [6.45, 7) is 2.24. The van der Waals surface area contributed by atoms with Crippen molar-refractivity contribution in [1.82, 2.24) is 0 Å². The normalized spacial score (nSPS) is 16.2. The number of benzene rings is 3. The van der Waals surface area contributed by atoms with Crippen LogP contribution < -0.4 is 14.4 Å². The lowest BCUT2D eigenvalue weighted by atomic mass is 10.1. The van der Waals surface area contributed by atoms with Crippen LogP contribution >= 0.6 is 11.8 Å². The minimum Gasteiger partial charge on any atom is -0.454 e. The van der Waals surface area contributed by atoms with E-state index >= 15 is 0 Å². The average molecular weight is 429 g/mol. The van der Waals surface area contributed by atoms with E-state index in [-0.39, 0.29) is 12.7 Å². The van der Waals surface area contributed by atoms with Gasteiger partial charge in [-0.1, -0.05) is 65.9 Å². The molecule has 0 spiro atoms. The highest BCUT2D eigenvalue weighted by Crippen LogP contribution is 2.35. The lowest BCUT2D eigenvalue weighted by Gasteiger charge is -2.18. The second kappa shape index (κ2) is 8.32. The Labute approximate surface area is 185 Å². The summed E-state index contributed by atoms with van der Waals surface area (Å²) in [6.07, 6.45) is 1.79. The third-order valence-electron chi connectivity index (χ3n) is 5.03. The summed E-state index contributed by atoms with van der Waals surface area (Å²) >= 11 is 1.55. The monoisotopic (exact) mass is 428 g/mol. The molecule has 0 radical (unpaired) electrons.